The Bertz CT molecular complexity index is 983. The van der Waals surface area contributed by atoms with Crippen LogP contribution in [0.3, 0.4) is 0 Å². The first-order valence-electron chi connectivity index (χ1n) is 9.67. The Kier molecular flexibility index (Phi) is 5.80. The van der Waals surface area contributed by atoms with Crippen LogP contribution < -0.4 is 5.32 Å². The van der Waals surface area contributed by atoms with Crippen molar-refractivity contribution >= 4 is 29.0 Å². The molecule has 0 saturated carbocycles. The number of aryl methyl sites for hydroxylation is 1. The van der Waals surface area contributed by atoms with Crippen LogP contribution in [0, 0.1) is 18.3 Å². The molecule has 1 atom stereocenters. The molecule has 148 valence electrons. The maximum atomic E-state index is 12.8. The second kappa shape index (κ2) is 7.96. The van der Waals surface area contributed by atoms with Crippen LogP contribution in [0.5, 0.6) is 0 Å². The quantitative estimate of drug-likeness (QED) is 0.544. The number of pyridine rings is 1. The SMILES string of the molecule is Cc1ccn2c(NC(=O)C[C@@H](C)CC(C)(C)C)c(-c3ccc(Cl)cc3)nc2c1. The van der Waals surface area contributed by atoms with Gasteiger partial charge < -0.3 is 5.32 Å². The van der Waals surface area contributed by atoms with E-state index in [1.807, 2.05) is 53.9 Å². The van der Waals surface area contributed by atoms with E-state index in [-0.39, 0.29) is 11.3 Å². The number of carbonyl (C=O) groups is 1. The summed E-state index contributed by atoms with van der Waals surface area (Å²) in [6, 6.07) is 11.5. The molecule has 0 unspecified atom stereocenters. The molecule has 0 aliphatic rings. The first-order chi connectivity index (χ1) is 13.1. The van der Waals surface area contributed by atoms with Crippen molar-refractivity contribution in [3.05, 3.63) is 53.2 Å². The van der Waals surface area contributed by atoms with Gasteiger partial charge >= 0.3 is 0 Å². The number of rotatable bonds is 5. The fourth-order valence-corrected chi connectivity index (χ4v) is 3.82. The van der Waals surface area contributed by atoms with Crippen molar-refractivity contribution < 1.29 is 4.79 Å². The highest BCUT2D eigenvalue weighted by molar-refractivity contribution is 6.30. The summed E-state index contributed by atoms with van der Waals surface area (Å²) in [6.07, 6.45) is 3.43. The van der Waals surface area contributed by atoms with Gasteiger partial charge in [0, 0.05) is 23.2 Å². The van der Waals surface area contributed by atoms with Gasteiger partial charge in [-0.15, -0.1) is 0 Å². The molecule has 2 aromatic heterocycles. The molecule has 0 aliphatic heterocycles. The summed E-state index contributed by atoms with van der Waals surface area (Å²) in [6.45, 7) is 10.8. The van der Waals surface area contributed by atoms with Crippen molar-refractivity contribution in [1.82, 2.24) is 9.38 Å². The van der Waals surface area contributed by atoms with Gasteiger partial charge in [-0.3, -0.25) is 9.20 Å². The number of halogens is 1. The van der Waals surface area contributed by atoms with Gasteiger partial charge in [-0.05, 0) is 54.5 Å². The van der Waals surface area contributed by atoms with E-state index in [1.54, 1.807) is 0 Å². The predicted octanol–water partition coefficient (Wildman–Crippen LogP) is 6.36. The van der Waals surface area contributed by atoms with Gasteiger partial charge in [-0.25, -0.2) is 4.98 Å². The smallest absolute Gasteiger partial charge is 0.225 e. The van der Waals surface area contributed by atoms with Gasteiger partial charge in [0.1, 0.15) is 17.2 Å². The molecule has 0 aliphatic carbocycles. The predicted molar refractivity (Wildman–Crippen MR) is 117 cm³/mol. The standard InChI is InChI=1S/C23H28ClN3O/c1-15-10-11-27-19(12-15)25-21(17-6-8-18(24)9-7-17)22(27)26-20(28)13-16(2)14-23(3,4)5/h6-12,16H,13-14H2,1-5H3,(H,26,28)/t16-/m1/s1. The second-order valence-electron chi connectivity index (χ2n) is 8.87. The molecule has 2 heterocycles. The minimum Gasteiger partial charge on any atom is -0.310 e. The Morgan fingerprint density at radius 2 is 1.89 bits per heavy atom. The minimum atomic E-state index is 0.00865. The highest BCUT2D eigenvalue weighted by Gasteiger charge is 2.20. The van der Waals surface area contributed by atoms with E-state index >= 15 is 0 Å². The van der Waals surface area contributed by atoms with E-state index in [0.29, 0.717) is 23.2 Å². The van der Waals surface area contributed by atoms with Crippen LogP contribution in [0.25, 0.3) is 16.9 Å². The molecule has 0 radical (unpaired) electrons. The molecular weight excluding hydrogens is 370 g/mol. The molecule has 3 rings (SSSR count). The third kappa shape index (κ3) is 4.93. The third-order valence-corrected chi connectivity index (χ3v) is 4.90. The van der Waals surface area contributed by atoms with Crippen LogP contribution in [-0.2, 0) is 4.79 Å². The number of benzene rings is 1. The van der Waals surface area contributed by atoms with Gasteiger partial charge in [0.05, 0.1) is 0 Å². The first-order valence-corrected chi connectivity index (χ1v) is 10.0. The zero-order valence-electron chi connectivity index (χ0n) is 17.2. The summed E-state index contributed by atoms with van der Waals surface area (Å²) in [5, 5.41) is 3.78. The number of nitrogens with zero attached hydrogens (tertiary/aromatic N) is 2. The second-order valence-corrected chi connectivity index (χ2v) is 9.31. The average molecular weight is 398 g/mol. The summed E-state index contributed by atoms with van der Waals surface area (Å²) in [5.41, 5.74) is 3.80. The van der Waals surface area contributed by atoms with Gasteiger partial charge in [0.15, 0.2) is 0 Å². The Morgan fingerprint density at radius 3 is 2.54 bits per heavy atom. The lowest BCUT2D eigenvalue weighted by Crippen LogP contribution is -2.19. The van der Waals surface area contributed by atoms with Crippen LogP contribution in [0.2, 0.25) is 5.02 Å². The number of aromatic nitrogens is 2. The highest BCUT2D eigenvalue weighted by atomic mass is 35.5. The Hall–Kier alpha value is -2.33. The van der Waals surface area contributed by atoms with Crippen molar-refractivity contribution in [3.8, 4) is 11.3 Å². The number of fused-ring (bicyclic) bond motifs is 1. The Balaban J connectivity index is 1.93. The molecule has 1 amide bonds. The molecule has 0 saturated heterocycles. The first kappa shape index (κ1) is 20.4. The Labute approximate surface area is 171 Å². The van der Waals surface area contributed by atoms with Gasteiger partial charge in [0.2, 0.25) is 5.91 Å². The van der Waals surface area contributed by atoms with Gasteiger partial charge in [0.25, 0.3) is 0 Å². The van der Waals surface area contributed by atoms with Crippen LogP contribution in [0.15, 0.2) is 42.6 Å². The van der Waals surface area contributed by atoms with Crippen molar-refractivity contribution in [2.24, 2.45) is 11.3 Å². The largest absolute Gasteiger partial charge is 0.310 e. The van der Waals surface area contributed by atoms with Gasteiger partial charge in [-0.2, -0.15) is 0 Å². The Morgan fingerprint density at radius 1 is 1.21 bits per heavy atom. The van der Waals surface area contributed by atoms with E-state index in [4.69, 9.17) is 16.6 Å². The van der Waals surface area contributed by atoms with Crippen molar-refractivity contribution in [2.45, 2.75) is 47.5 Å². The normalized spacial score (nSPS) is 12.9. The molecule has 0 bridgehead atoms. The summed E-state index contributed by atoms with van der Waals surface area (Å²) in [5.74, 6) is 1.01. The van der Waals surface area contributed by atoms with Crippen LogP contribution in [0.4, 0.5) is 5.82 Å². The molecule has 0 fully saturated rings. The summed E-state index contributed by atoms with van der Waals surface area (Å²) in [4.78, 5) is 17.6. The van der Waals surface area contributed by atoms with Crippen molar-refractivity contribution in [1.29, 1.82) is 0 Å². The number of amides is 1. The van der Waals surface area contributed by atoms with E-state index < -0.39 is 0 Å². The summed E-state index contributed by atoms with van der Waals surface area (Å²) < 4.78 is 1.93. The number of nitrogens with one attached hydrogen (secondary N) is 1. The fraction of sp³-hybridized carbons (Fsp3) is 0.391. The molecule has 1 aromatic carbocycles. The molecule has 28 heavy (non-hydrogen) atoms. The lowest BCUT2D eigenvalue weighted by atomic mass is 9.84. The monoisotopic (exact) mass is 397 g/mol. The molecule has 5 heteroatoms. The summed E-state index contributed by atoms with van der Waals surface area (Å²) >= 11 is 6.04. The maximum absolute atomic E-state index is 12.8. The van der Waals surface area contributed by atoms with E-state index in [0.717, 1.165) is 28.9 Å². The zero-order valence-corrected chi connectivity index (χ0v) is 18.0. The van der Waals surface area contributed by atoms with E-state index in [9.17, 15) is 4.79 Å². The third-order valence-electron chi connectivity index (χ3n) is 4.65. The lowest BCUT2D eigenvalue weighted by molar-refractivity contribution is -0.117. The number of imidazole rings is 1. The van der Waals surface area contributed by atoms with Crippen LogP contribution in [0.1, 0.15) is 46.1 Å². The topological polar surface area (TPSA) is 46.4 Å². The molecule has 3 aromatic rings. The molecule has 0 spiro atoms. The fourth-order valence-electron chi connectivity index (χ4n) is 3.69. The maximum Gasteiger partial charge on any atom is 0.225 e. The lowest BCUT2D eigenvalue weighted by Gasteiger charge is -2.22. The molecule has 1 N–H and O–H groups in total. The van der Waals surface area contributed by atoms with Crippen LogP contribution >= 0.6 is 11.6 Å². The number of anilines is 1. The highest BCUT2D eigenvalue weighted by Crippen LogP contribution is 2.31. The average Bonchev–Trinajstić information content (AvgIpc) is 2.91. The van der Waals surface area contributed by atoms with E-state index in [1.165, 1.54) is 0 Å². The number of carbonyl (C=O) groups excluding carboxylic acids is 1. The van der Waals surface area contributed by atoms with Crippen LogP contribution in [-0.4, -0.2) is 15.3 Å². The molecule has 4 nitrogen and oxygen atoms in total. The molecular formula is C23H28ClN3O. The zero-order chi connectivity index (χ0) is 20.5. The number of hydrogen-bond donors (Lipinski definition) is 1. The minimum absolute atomic E-state index is 0.00865. The van der Waals surface area contributed by atoms with Crippen molar-refractivity contribution in [2.75, 3.05) is 5.32 Å². The number of hydrogen-bond acceptors (Lipinski definition) is 2. The van der Waals surface area contributed by atoms with Gasteiger partial charge in [-0.1, -0.05) is 51.4 Å². The van der Waals surface area contributed by atoms with Crippen molar-refractivity contribution in [3.63, 3.8) is 0 Å². The van der Waals surface area contributed by atoms with E-state index in [2.05, 4.69) is 33.0 Å². The summed E-state index contributed by atoms with van der Waals surface area (Å²) in [7, 11) is 0.